The predicted octanol–water partition coefficient (Wildman–Crippen LogP) is 0.190. The van der Waals surface area contributed by atoms with E-state index in [0.717, 1.165) is 0 Å². The van der Waals surface area contributed by atoms with Gasteiger partial charge in [0.15, 0.2) is 0 Å². The third-order valence-corrected chi connectivity index (χ3v) is 3.02. The Morgan fingerprint density at radius 2 is 1.45 bits per heavy atom. The number of rotatable bonds is 5. The van der Waals surface area contributed by atoms with Crippen LogP contribution in [0, 0.1) is 0 Å². The molecule has 0 fully saturated rings. The third kappa shape index (κ3) is 8.63. The molecule has 0 amide bonds. The zero-order valence-electron chi connectivity index (χ0n) is 13.1. The van der Waals surface area contributed by atoms with Crippen molar-refractivity contribution < 1.29 is 34.8 Å². The minimum Gasteiger partial charge on any atom is -0.512 e. The first-order chi connectivity index (χ1) is 9.83. The van der Waals surface area contributed by atoms with E-state index in [0.29, 0.717) is 5.56 Å². The number of benzene rings is 1. The Kier molecular flexibility index (Phi) is 7.55. The quantitative estimate of drug-likeness (QED) is 0.491. The summed E-state index contributed by atoms with van der Waals surface area (Å²) in [7, 11) is -1.86. The van der Waals surface area contributed by atoms with Gasteiger partial charge in [0.25, 0.3) is 0 Å². The van der Waals surface area contributed by atoms with E-state index in [1.807, 2.05) is 0 Å². The molecule has 1 rings (SSSR count). The van der Waals surface area contributed by atoms with E-state index in [-0.39, 0.29) is 12.2 Å². The van der Waals surface area contributed by atoms with Gasteiger partial charge in [-0.1, -0.05) is 12.1 Å². The number of aliphatic carboxylic acids is 1. The number of hydrogen-bond donors (Lipinski definition) is 5. The first kappa shape index (κ1) is 20.4. The summed E-state index contributed by atoms with van der Waals surface area (Å²) in [6, 6.07) is 6.03. The number of carbonyl (C=O) groups is 1. The van der Waals surface area contributed by atoms with E-state index < -0.39 is 24.5 Å². The third-order valence-electron chi connectivity index (χ3n) is 3.02. The lowest BCUT2D eigenvalue weighted by Crippen LogP contribution is -2.44. The average molecular weight is 314 g/mol. The summed E-state index contributed by atoms with van der Waals surface area (Å²) in [6.07, 6.45) is -0.0675. The Balaban J connectivity index is 0.000000472. The van der Waals surface area contributed by atoms with Crippen LogP contribution in [0.3, 0.4) is 0 Å². The smallest absolute Gasteiger partial charge is 0.512 e. The monoisotopic (exact) mass is 314 g/mol. The molecule has 0 unspecified atom stereocenters. The number of aliphatic hydroxyl groups is 2. The van der Waals surface area contributed by atoms with Crippen molar-refractivity contribution >= 4 is 13.3 Å². The van der Waals surface area contributed by atoms with Crippen LogP contribution in [0.4, 0.5) is 0 Å². The normalized spacial score (nSPS) is 11.3. The van der Waals surface area contributed by atoms with Crippen molar-refractivity contribution in [3.63, 3.8) is 0 Å². The Labute approximate surface area is 130 Å². The van der Waals surface area contributed by atoms with Crippen molar-refractivity contribution in [2.45, 2.75) is 45.3 Å². The second-order valence-corrected chi connectivity index (χ2v) is 5.78. The molecule has 0 bridgehead atoms. The highest BCUT2D eigenvalue weighted by atomic mass is 16.6. The highest BCUT2D eigenvalue weighted by Crippen LogP contribution is 2.19. The molecule has 0 heterocycles. The fraction of sp³-hybridized carbons (Fsp3) is 0.500. The van der Waals surface area contributed by atoms with Gasteiger partial charge in [-0.25, -0.2) is 0 Å². The van der Waals surface area contributed by atoms with Gasteiger partial charge in [-0.2, -0.15) is 0 Å². The predicted molar refractivity (Wildman–Crippen MR) is 81.2 cm³/mol. The van der Waals surface area contributed by atoms with Crippen LogP contribution in [0.15, 0.2) is 24.3 Å². The van der Waals surface area contributed by atoms with Crippen LogP contribution < -0.4 is 4.65 Å². The summed E-state index contributed by atoms with van der Waals surface area (Å²) in [5.41, 5.74) is -1.39. The highest BCUT2D eigenvalue weighted by molar-refractivity contribution is 6.33. The van der Waals surface area contributed by atoms with Crippen molar-refractivity contribution in [3.05, 3.63) is 29.8 Å². The second-order valence-electron chi connectivity index (χ2n) is 5.78. The molecule has 0 aliphatic rings. The Hall–Kier alpha value is -1.61. The maximum absolute atomic E-state index is 10.3. The van der Waals surface area contributed by atoms with Gasteiger partial charge in [0.05, 0.1) is 17.6 Å². The van der Waals surface area contributed by atoms with Gasteiger partial charge in [0.1, 0.15) is 5.75 Å². The summed E-state index contributed by atoms with van der Waals surface area (Å²) in [5, 5.41) is 43.6. The molecule has 0 atom stereocenters. The lowest BCUT2D eigenvalue weighted by atomic mass is 9.90. The highest BCUT2D eigenvalue weighted by Gasteiger charge is 2.31. The van der Waals surface area contributed by atoms with Crippen molar-refractivity contribution in [3.8, 4) is 5.75 Å². The fourth-order valence-electron chi connectivity index (χ4n) is 0.982. The average Bonchev–Trinajstić information content (AvgIpc) is 2.28. The van der Waals surface area contributed by atoms with Crippen LogP contribution in [0.5, 0.6) is 5.75 Å². The largest absolute Gasteiger partial charge is 0.707 e. The summed E-state index contributed by atoms with van der Waals surface area (Å²) < 4.78 is 4.54. The first-order valence-electron chi connectivity index (χ1n) is 6.61. The van der Waals surface area contributed by atoms with E-state index in [4.69, 9.17) is 25.4 Å². The van der Waals surface area contributed by atoms with E-state index in [1.54, 1.807) is 39.8 Å². The Morgan fingerprint density at radius 1 is 1.05 bits per heavy atom. The zero-order valence-corrected chi connectivity index (χ0v) is 13.1. The standard InChI is InChI=1S/C8H9BO5.C6H14O2/c10-8(11)5-6-1-3-7(4-2-6)14-9(12)13;1-5(2,7)6(3,4)8/h1-4,12-13H,5H2,(H,10,11);7-8H,1-4H3. The lowest BCUT2D eigenvalue weighted by molar-refractivity contribution is -0.136. The second kappa shape index (κ2) is 8.14. The molecule has 5 N–H and O–H groups in total. The summed E-state index contributed by atoms with van der Waals surface area (Å²) in [4.78, 5) is 10.3. The number of carboxylic acids is 1. The lowest BCUT2D eigenvalue weighted by Gasteiger charge is -2.31. The molecule has 22 heavy (non-hydrogen) atoms. The van der Waals surface area contributed by atoms with Gasteiger partial charge in [-0.3, -0.25) is 4.79 Å². The number of hydrogen-bond acceptors (Lipinski definition) is 6. The van der Waals surface area contributed by atoms with Crippen molar-refractivity contribution in [1.29, 1.82) is 0 Å². The first-order valence-corrected chi connectivity index (χ1v) is 6.61. The molecule has 124 valence electrons. The fourth-order valence-corrected chi connectivity index (χ4v) is 0.982. The molecule has 0 aliphatic heterocycles. The molecule has 1 aromatic rings. The van der Waals surface area contributed by atoms with E-state index in [2.05, 4.69) is 4.65 Å². The molecular formula is C14H23BO7. The van der Waals surface area contributed by atoms with E-state index in [1.165, 1.54) is 12.1 Å². The topological polar surface area (TPSA) is 127 Å². The molecule has 0 aliphatic carbocycles. The molecule has 0 aromatic heterocycles. The Morgan fingerprint density at radius 3 is 1.73 bits per heavy atom. The van der Waals surface area contributed by atoms with E-state index in [9.17, 15) is 4.79 Å². The van der Waals surface area contributed by atoms with Gasteiger partial charge < -0.3 is 30.0 Å². The van der Waals surface area contributed by atoms with Gasteiger partial charge >= 0.3 is 13.3 Å². The SMILES string of the molecule is CC(C)(O)C(C)(C)O.O=C(O)Cc1ccc(OB(O)O)cc1. The molecule has 0 saturated heterocycles. The molecule has 0 saturated carbocycles. The molecular weight excluding hydrogens is 291 g/mol. The zero-order chi connectivity index (χ0) is 17.6. The van der Waals surface area contributed by atoms with Gasteiger partial charge in [0, 0.05) is 0 Å². The Bertz CT molecular complexity index is 446. The van der Waals surface area contributed by atoms with Gasteiger partial charge in [-0.05, 0) is 45.4 Å². The van der Waals surface area contributed by atoms with Crippen molar-refractivity contribution in [2.75, 3.05) is 0 Å². The molecule has 8 heteroatoms. The van der Waals surface area contributed by atoms with Crippen molar-refractivity contribution in [2.24, 2.45) is 0 Å². The minimum absolute atomic E-state index is 0.0675. The summed E-state index contributed by atoms with van der Waals surface area (Å²) in [6.45, 7) is 6.31. The molecule has 0 spiro atoms. The van der Waals surface area contributed by atoms with Crippen LogP contribution in [-0.2, 0) is 11.2 Å². The van der Waals surface area contributed by atoms with Crippen LogP contribution in [0.25, 0.3) is 0 Å². The molecule has 1 aromatic carbocycles. The van der Waals surface area contributed by atoms with Crippen LogP contribution in [0.1, 0.15) is 33.3 Å². The maximum Gasteiger partial charge on any atom is 0.707 e. The van der Waals surface area contributed by atoms with Gasteiger partial charge in [0.2, 0.25) is 0 Å². The van der Waals surface area contributed by atoms with Crippen LogP contribution >= 0.6 is 0 Å². The summed E-state index contributed by atoms with van der Waals surface area (Å²) in [5.74, 6) is -0.644. The van der Waals surface area contributed by atoms with E-state index >= 15 is 0 Å². The summed E-state index contributed by atoms with van der Waals surface area (Å²) >= 11 is 0. The minimum atomic E-state index is -1.86. The maximum atomic E-state index is 10.3. The van der Waals surface area contributed by atoms with Crippen LogP contribution in [-0.4, -0.2) is 49.9 Å². The van der Waals surface area contributed by atoms with Crippen molar-refractivity contribution in [1.82, 2.24) is 0 Å². The number of carboxylic acid groups (broad SMARTS) is 1. The van der Waals surface area contributed by atoms with Gasteiger partial charge in [-0.15, -0.1) is 0 Å². The van der Waals surface area contributed by atoms with Crippen LogP contribution in [0.2, 0.25) is 0 Å². The molecule has 0 radical (unpaired) electrons. The molecule has 7 nitrogen and oxygen atoms in total.